The molecule has 3 aromatic rings. The molecule has 3 N–H and O–H groups in total. The maximum Gasteiger partial charge on any atom is 0.303 e. The number of nitrogens with zero attached hydrogens (tertiary/aromatic N) is 2. The zero-order chi connectivity index (χ0) is 22.1. The monoisotopic (exact) mass is 438 g/mol. The minimum Gasteiger partial charge on any atom is -0.481 e. The van der Waals surface area contributed by atoms with Crippen molar-refractivity contribution < 1.29 is 19.0 Å². The number of benzene rings is 1. The fourth-order valence-electron chi connectivity index (χ4n) is 4.99. The van der Waals surface area contributed by atoms with E-state index in [1.807, 2.05) is 12.1 Å². The van der Waals surface area contributed by atoms with Gasteiger partial charge in [0, 0.05) is 24.7 Å². The van der Waals surface area contributed by atoms with E-state index in [9.17, 15) is 9.18 Å². The number of halogens is 1. The summed E-state index contributed by atoms with van der Waals surface area (Å²) >= 11 is 0. The highest BCUT2D eigenvalue weighted by atomic mass is 19.1. The Hall–Kier alpha value is -2.84. The van der Waals surface area contributed by atoms with E-state index < -0.39 is 11.6 Å². The molecule has 168 valence electrons. The number of pyridine rings is 1. The number of hydrogen-bond donors (Lipinski definition) is 3. The zero-order valence-electron chi connectivity index (χ0n) is 17.8. The van der Waals surface area contributed by atoms with Crippen LogP contribution in [0.5, 0.6) is 0 Å². The van der Waals surface area contributed by atoms with E-state index in [0.717, 1.165) is 49.9 Å². The van der Waals surface area contributed by atoms with Crippen LogP contribution in [0.15, 0.2) is 36.5 Å². The summed E-state index contributed by atoms with van der Waals surface area (Å²) in [6.07, 6.45) is 6.54. The molecule has 0 bridgehead atoms. The van der Waals surface area contributed by atoms with Gasteiger partial charge in [-0.05, 0) is 74.9 Å². The Bertz CT molecular complexity index is 1100. The summed E-state index contributed by atoms with van der Waals surface area (Å²) < 4.78 is 20.1. The predicted molar refractivity (Wildman–Crippen MR) is 118 cm³/mol. The van der Waals surface area contributed by atoms with Crippen LogP contribution in [-0.2, 0) is 15.1 Å². The smallest absolute Gasteiger partial charge is 0.303 e. The summed E-state index contributed by atoms with van der Waals surface area (Å²) in [5.74, 6) is -0.115. The van der Waals surface area contributed by atoms with Crippen molar-refractivity contribution >= 4 is 17.0 Å². The quantitative estimate of drug-likeness (QED) is 0.538. The fraction of sp³-hybridized carbons (Fsp3) is 0.458. The van der Waals surface area contributed by atoms with Crippen LogP contribution < -0.4 is 5.32 Å². The molecule has 3 heterocycles. The molecule has 32 heavy (non-hydrogen) atoms. The van der Waals surface area contributed by atoms with Crippen LogP contribution in [0.2, 0.25) is 0 Å². The fourth-order valence-corrected chi connectivity index (χ4v) is 4.99. The molecule has 7 nitrogen and oxygen atoms in total. The normalized spacial score (nSPS) is 25.9. The first kappa shape index (κ1) is 21.0. The van der Waals surface area contributed by atoms with Crippen LogP contribution in [0, 0.1) is 11.7 Å². The minimum absolute atomic E-state index is 0.117. The third-order valence-corrected chi connectivity index (χ3v) is 6.71. The highest BCUT2D eigenvalue weighted by Crippen LogP contribution is 2.38. The van der Waals surface area contributed by atoms with Gasteiger partial charge in [-0.1, -0.05) is 0 Å². The van der Waals surface area contributed by atoms with E-state index in [0.29, 0.717) is 23.4 Å². The Balaban J connectivity index is 1.32. The van der Waals surface area contributed by atoms with Crippen molar-refractivity contribution in [1.82, 2.24) is 20.3 Å². The molecule has 8 heteroatoms. The van der Waals surface area contributed by atoms with Gasteiger partial charge in [0.25, 0.3) is 0 Å². The second-order valence-electron chi connectivity index (χ2n) is 8.96. The predicted octanol–water partition coefficient (Wildman–Crippen LogP) is 4.00. The van der Waals surface area contributed by atoms with Gasteiger partial charge in [0.1, 0.15) is 17.2 Å². The van der Waals surface area contributed by atoms with Crippen molar-refractivity contribution in [1.29, 1.82) is 0 Å². The summed E-state index contributed by atoms with van der Waals surface area (Å²) in [5.41, 5.74) is 2.62. The molecule has 0 spiro atoms. The van der Waals surface area contributed by atoms with Crippen LogP contribution in [0.4, 0.5) is 4.39 Å². The van der Waals surface area contributed by atoms with Crippen molar-refractivity contribution in [3.63, 3.8) is 0 Å². The van der Waals surface area contributed by atoms with Gasteiger partial charge < -0.3 is 20.1 Å². The number of aliphatic carboxylic acids is 1. The van der Waals surface area contributed by atoms with Crippen LogP contribution in [-0.4, -0.2) is 45.2 Å². The number of ether oxygens (including phenoxy) is 1. The first-order valence-corrected chi connectivity index (χ1v) is 11.2. The number of carboxylic acids is 1. The number of nitrogens with one attached hydrogen (secondary N) is 2. The standard InChI is InChI=1S/C24H27FN4O3/c25-17-4-7-19-20(12-17)29-23(28-19)16-3-8-21(27-13-16)24(9-10-26-14-24)32-18-5-1-15(2-6-18)11-22(30)31/h3-4,7-8,12-13,15,18,26H,1-2,5-6,9-11,14H2,(H,28,29)(H,30,31)/t15?,18?,24-/m1/s1. The molecule has 2 aromatic heterocycles. The van der Waals surface area contributed by atoms with Gasteiger partial charge in [0.2, 0.25) is 0 Å². The molecule has 0 amide bonds. The van der Waals surface area contributed by atoms with Crippen molar-refractivity contribution in [2.45, 2.75) is 50.2 Å². The molecule has 1 saturated heterocycles. The van der Waals surface area contributed by atoms with Crippen LogP contribution in [0.1, 0.15) is 44.2 Å². The van der Waals surface area contributed by atoms with Crippen LogP contribution >= 0.6 is 0 Å². The lowest BCUT2D eigenvalue weighted by Gasteiger charge is -2.36. The second-order valence-corrected chi connectivity index (χ2v) is 8.96. The summed E-state index contributed by atoms with van der Waals surface area (Å²) in [6.45, 7) is 1.57. The minimum atomic E-state index is -0.718. The van der Waals surface area contributed by atoms with Gasteiger partial charge in [-0.25, -0.2) is 9.37 Å². The lowest BCUT2D eigenvalue weighted by Crippen LogP contribution is -2.38. The molecule has 1 aromatic carbocycles. The van der Waals surface area contributed by atoms with Gasteiger partial charge >= 0.3 is 5.97 Å². The van der Waals surface area contributed by atoms with Gasteiger partial charge in [-0.2, -0.15) is 0 Å². The topological polar surface area (TPSA) is 100 Å². The first-order chi connectivity index (χ1) is 15.5. The Morgan fingerprint density at radius 2 is 2.06 bits per heavy atom. The van der Waals surface area contributed by atoms with E-state index in [1.54, 1.807) is 12.3 Å². The summed E-state index contributed by atoms with van der Waals surface area (Å²) in [7, 11) is 0. The van der Waals surface area contributed by atoms with E-state index in [1.165, 1.54) is 12.1 Å². The average molecular weight is 439 g/mol. The number of fused-ring (bicyclic) bond motifs is 1. The number of carbonyl (C=O) groups is 1. The maximum atomic E-state index is 13.5. The summed E-state index contributed by atoms with van der Waals surface area (Å²) in [5, 5.41) is 12.4. The Labute approximate surface area is 185 Å². The van der Waals surface area contributed by atoms with E-state index >= 15 is 0 Å². The van der Waals surface area contributed by atoms with Gasteiger partial charge in [0.05, 0.1) is 22.8 Å². The molecule has 1 saturated carbocycles. The van der Waals surface area contributed by atoms with Crippen molar-refractivity contribution in [3.8, 4) is 11.4 Å². The highest BCUT2D eigenvalue weighted by Gasteiger charge is 2.41. The Morgan fingerprint density at radius 1 is 1.22 bits per heavy atom. The van der Waals surface area contributed by atoms with E-state index in [-0.39, 0.29) is 24.3 Å². The lowest BCUT2D eigenvalue weighted by molar-refractivity contribution is -0.139. The number of rotatable bonds is 6. The molecular weight excluding hydrogens is 411 g/mol. The number of hydrogen-bond acceptors (Lipinski definition) is 5. The van der Waals surface area contributed by atoms with Gasteiger partial charge in [0.15, 0.2) is 0 Å². The number of aromatic amines is 1. The average Bonchev–Trinajstić information content (AvgIpc) is 3.42. The molecule has 1 aliphatic heterocycles. The third-order valence-electron chi connectivity index (χ3n) is 6.71. The number of carboxylic acid groups (broad SMARTS) is 1. The van der Waals surface area contributed by atoms with Crippen molar-refractivity contribution in [2.75, 3.05) is 13.1 Å². The molecule has 2 aliphatic rings. The van der Waals surface area contributed by atoms with Crippen molar-refractivity contribution in [3.05, 3.63) is 48.0 Å². The zero-order valence-corrected chi connectivity index (χ0v) is 17.8. The van der Waals surface area contributed by atoms with E-state index in [4.69, 9.17) is 14.8 Å². The summed E-state index contributed by atoms with van der Waals surface area (Å²) in [4.78, 5) is 23.4. The SMILES string of the molecule is O=C(O)CC1CCC(O[C@]2(c3ccc(-c4nc5ccc(F)cc5[nH]4)cn3)CCNC2)CC1. The molecule has 0 unspecified atom stereocenters. The first-order valence-electron chi connectivity index (χ1n) is 11.2. The van der Waals surface area contributed by atoms with Crippen LogP contribution in [0.3, 0.4) is 0 Å². The molecule has 1 atom stereocenters. The lowest BCUT2D eigenvalue weighted by atomic mass is 9.84. The largest absolute Gasteiger partial charge is 0.481 e. The molecule has 5 rings (SSSR count). The van der Waals surface area contributed by atoms with Crippen LogP contribution in [0.25, 0.3) is 22.4 Å². The molecule has 0 radical (unpaired) electrons. The Morgan fingerprint density at radius 3 is 2.75 bits per heavy atom. The second kappa shape index (κ2) is 8.60. The summed E-state index contributed by atoms with van der Waals surface area (Å²) in [6, 6.07) is 8.46. The maximum absolute atomic E-state index is 13.5. The number of aromatic nitrogens is 3. The van der Waals surface area contributed by atoms with Gasteiger partial charge in [-0.3, -0.25) is 9.78 Å². The van der Waals surface area contributed by atoms with E-state index in [2.05, 4.69) is 15.3 Å². The number of imidazole rings is 1. The third kappa shape index (κ3) is 4.25. The molecular formula is C24H27FN4O3. The molecule has 1 aliphatic carbocycles. The Kier molecular flexibility index (Phi) is 5.65. The van der Waals surface area contributed by atoms with Crippen molar-refractivity contribution in [2.24, 2.45) is 5.92 Å². The van der Waals surface area contributed by atoms with Gasteiger partial charge in [-0.15, -0.1) is 0 Å². The molecule has 2 fully saturated rings. The number of H-pyrrole nitrogens is 1. The highest BCUT2D eigenvalue weighted by molar-refractivity contribution is 5.79.